The molecule has 1 saturated carbocycles. The number of rotatable bonds is 1. The third-order valence-corrected chi connectivity index (χ3v) is 3.09. The molecule has 1 heterocycles. The lowest BCUT2D eigenvalue weighted by molar-refractivity contribution is 0.389. The van der Waals surface area contributed by atoms with Crippen LogP contribution in [-0.4, -0.2) is 25.0 Å². The summed E-state index contributed by atoms with van der Waals surface area (Å²) in [4.78, 5) is 2.45. The maximum Gasteiger partial charge on any atom is 0.00354 e. The highest BCUT2D eigenvalue weighted by molar-refractivity contribution is 4.99. The van der Waals surface area contributed by atoms with Crippen molar-refractivity contribution >= 4 is 0 Å². The van der Waals surface area contributed by atoms with Gasteiger partial charge in [-0.05, 0) is 38.3 Å². The van der Waals surface area contributed by atoms with E-state index in [4.69, 9.17) is 0 Å². The molecule has 1 aliphatic carbocycles. The molecule has 0 bridgehead atoms. The van der Waals surface area contributed by atoms with Gasteiger partial charge < -0.3 is 4.90 Å². The van der Waals surface area contributed by atoms with Gasteiger partial charge in [0.2, 0.25) is 0 Å². The monoisotopic (exact) mass is 169 g/mol. The predicted octanol–water partition coefficient (Wildman–Crippen LogP) is 2.91. The maximum atomic E-state index is 2.45. The van der Waals surface area contributed by atoms with E-state index >= 15 is 0 Å². The van der Waals surface area contributed by atoms with Gasteiger partial charge in [0.15, 0.2) is 0 Å². The summed E-state index contributed by atoms with van der Waals surface area (Å²) >= 11 is 0. The molecule has 1 saturated heterocycles. The zero-order chi connectivity index (χ0) is 9.03. The van der Waals surface area contributed by atoms with Crippen LogP contribution in [0.4, 0.5) is 0 Å². The SMILES string of the molecule is CCCC.CN1CCC2(CC2)C1. The second-order valence-electron chi connectivity index (χ2n) is 4.49. The lowest BCUT2D eigenvalue weighted by Crippen LogP contribution is -2.14. The fourth-order valence-corrected chi connectivity index (χ4v) is 1.74. The Balaban J connectivity index is 0.000000157. The van der Waals surface area contributed by atoms with Gasteiger partial charge in [-0.25, -0.2) is 0 Å². The van der Waals surface area contributed by atoms with Crippen LogP contribution in [0, 0.1) is 5.41 Å². The van der Waals surface area contributed by atoms with Gasteiger partial charge in [-0.3, -0.25) is 0 Å². The Morgan fingerprint density at radius 2 is 1.67 bits per heavy atom. The lowest BCUT2D eigenvalue weighted by Gasteiger charge is -2.05. The van der Waals surface area contributed by atoms with Crippen molar-refractivity contribution in [3.63, 3.8) is 0 Å². The average molecular weight is 169 g/mol. The molecule has 0 aromatic rings. The zero-order valence-corrected chi connectivity index (χ0v) is 8.90. The van der Waals surface area contributed by atoms with E-state index in [9.17, 15) is 0 Å². The summed E-state index contributed by atoms with van der Waals surface area (Å²) in [5, 5.41) is 0. The fourth-order valence-electron chi connectivity index (χ4n) is 1.74. The molecule has 1 nitrogen and oxygen atoms in total. The largest absolute Gasteiger partial charge is 0.306 e. The summed E-state index contributed by atoms with van der Waals surface area (Å²) < 4.78 is 0. The van der Waals surface area contributed by atoms with Crippen LogP contribution in [0.15, 0.2) is 0 Å². The molecule has 0 N–H and O–H groups in total. The summed E-state index contributed by atoms with van der Waals surface area (Å²) in [6, 6.07) is 0. The van der Waals surface area contributed by atoms with Crippen molar-refractivity contribution in [1.29, 1.82) is 0 Å². The van der Waals surface area contributed by atoms with Crippen LogP contribution in [-0.2, 0) is 0 Å². The van der Waals surface area contributed by atoms with Gasteiger partial charge in [0.05, 0.1) is 0 Å². The van der Waals surface area contributed by atoms with Crippen molar-refractivity contribution in [2.24, 2.45) is 5.41 Å². The van der Waals surface area contributed by atoms with Crippen LogP contribution in [0.1, 0.15) is 46.0 Å². The molecule has 1 spiro atoms. The summed E-state index contributed by atoms with van der Waals surface area (Å²) in [7, 11) is 2.23. The van der Waals surface area contributed by atoms with Crippen molar-refractivity contribution in [3.05, 3.63) is 0 Å². The molecule has 72 valence electrons. The topological polar surface area (TPSA) is 3.24 Å². The average Bonchev–Trinajstić information content (AvgIpc) is 2.72. The fraction of sp³-hybridized carbons (Fsp3) is 1.00. The Morgan fingerprint density at radius 1 is 1.08 bits per heavy atom. The highest BCUT2D eigenvalue weighted by Gasteiger charge is 2.46. The Labute approximate surface area is 77.1 Å². The van der Waals surface area contributed by atoms with Crippen molar-refractivity contribution in [2.75, 3.05) is 20.1 Å². The Morgan fingerprint density at radius 3 is 1.83 bits per heavy atom. The molecule has 12 heavy (non-hydrogen) atoms. The van der Waals surface area contributed by atoms with E-state index in [0.717, 1.165) is 5.41 Å². The molecule has 0 aromatic carbocycles. The molecule has 1 heteroatoms. The smallest absolute Gasteiger partial charge is 0.00354 e. The van der Waals surface area contributed by atoms with Gasteiger partial charge in [-0.15, -0.1) is 0 Å². The van der Waals surface area contributed by atoms with Gasteiger partial charge in [-0.2, -0.15) is 0 Å². The van der Waals surface area contributed by atoms with Gasteiger partial charge >= 0.3 is 0 Å². The Hall–Kier alpha value is -0.0400. The van der Waals surface area contributed by atoms with E-state index in [-0.39, 0.29) is 0 Å². The Kier molecular flexibility index (Phi) is 3.57. The molecule has 0 atom stereocenters. The first-order chi connectivity index (χ1) is 5.72. The van der Waals surface area contributed by atoms with E-state index in [1.165, 1.54) is 45.2 Å². The highest BCUT2D eigenvalue weighted by Crippen LogP contribution is 2.52. The highest BCUT2D eigenvalue weighted by atomic mass is 15.1. The van der Waals surface area contributed by atoms with Crippen molar-refractivity contribution < 1.29 is 0 Å². The minimum Gasteiger partial charge on any atom is -0.306 e. The summed E-state index contributed by atoms with van der Waals surface area (Å²) in [6.45, 7) is 7.09. The normalized spacial score (nSPS) is 25.2. The number of hydrogen-bond acceptors (Lipinski definition) is 1. The molecule has 2 fully saturated rings. The Bertz CT molecular complexity index is 125. The van der Waals surface area contributed by atoms with Crippen LogP contribution >= 0.6 is 0 Å². The lowest BCUT2D eigenvalue weighted by atomic mass is 10.1. The molecule has 0 unspecified atom stereocenters. The second-order valence-corrected chi connectivity index (χ2v) is 4.49. The van der Waals surface area contributed by atoms with Crippen LogP contribution in [0.2, 0.25) is 0 Å². The summed E-state index contributed by atoms with van der Waals surface area (Å²) in [5.74, 6) is 0. The summed E-state index contributed by atoms with van der Waals surface area (Å²) in [6.07, 6.45) is 7.14. The van der Waals surface area contributed by atoms with Gasteiger partial charge in [0, 0.05) is 6.54 Å². The zero-order valence-electron chi connectivity index (χ0n) is 8.90. The first-order valence-corrected chi connectivity index (χ1v) is 5.41. The number of unbranched alkanes of at least 4 members (excludes halogenated alkanes) is 1. The van der Waals surface area contributed by atoms with E-state index < -0.39 is 0 Å². The van der Waals surface area contributed by atoms with Crippen LogP contribution in [0.25, 0.3) is 0 Å². The van der Waals surface area contributed by atoms with E-state index in [1.54, 1.807) is 0 Å². The van der Waals surface area contributed by atoms with E-state index in [1.807, 2.05) is 0 Å². The van der Waals surface area contributed by atoms with Crippen molar-refractivity contribution in [3.8, 4) is 0 Å². The standard InChI is InChI=1S/C7H13N.C4H10/c1-8-5-4-7(6-8)2-3-7;1-3-4-2/h2-6H2,1H3;3-4H2,1-2H3. The molecule has 0 aromatic heterocycles. The van der Waals surface area contributed by atoms with E-state index in [0.29, 0.717) is 0 Å². The van der Waals surface area contributed by atoms with Crippen LogP contribution in [0.5, 0.6) is 0 Å². The molecule has 2 rings (SSSR count). The summed E-state index contributed by atoms with van der Waals surface area (Å²) in [5.41, 5.74) is 0.842. The number of nitrogens with zero attached hydrogens (tertiary/aromatic N) is 1. The molecule has 2 aliphatic rings. The third kappa shape index (κ3) is 2.78. The molecular weight excluding hydrogens is 146 g/mol. The quantitative estimate of drug-likeness (QED) is 0.583. The van der Waals surface area contributed by atoms with Gasteiger partial charge in [0.25, 0.3) is 0 Å². The number of likely N-dealkylation sites (tertiary alicyclic amines) is 1. The second kappa shape index (κ2) is 4.27. The minimum atomic E-state index is 0.842. The van der Waals surface area contributed by atoms with Crippen molar-refractivity contribution in [2.45, 2.75) is 46.0 Å². The first-order valence-electron chi connectivity index (χ1n) is 5.41. The first kappa shape index (κ1) is 10.0. The molecule has 0 amide bonds. The molecule has 0 radical (unpaired) electrons. The maximum absolute atomic E-state index is 2.45. The molecule has 1 aliphatic heterocycles. The van der Waals surface area contributed by atoms with Crippen LogP contribution < -0.4 is 0 Å². The third-order valence-electron chi connectivity index (χ3n) is 3.09. The van der Waals surface area contributed by atoms with Gasteiger partial charge in [-0.1, -0.05) is 26.7 Å². The van der Waals surface area contributed by atoms with Gasteiger partial charge in [0.1, 0.15) is 0 Å². The van der Waals surface area contributed by atoms with Crippen molar-refractivity contribution in [1.82, 2.24) is 4.90 Å². The van der Waals surface area contributed by atoms with E-state index in [2.05, 4.69) is 25.8 Å². The number of hydrogen-bond donors (Lipinski definition) is 0. The van der Waals surface area contributed by atoms with Crippen LogP contribution in [0.3, 0.4) is 0 Å². The minimum absolute atomic E-state index is 0.842. The molecular formula is C11H23N. The predicted molar refractivity (Wildman–Crippen MR) is 54.4 cm³/mol.